The molecule has 0 aliphatic carbocycles. The second-order valence-electron chi connectivity index (χ2n) is 5.68. The van der Waals surface area contributed by atoms with Crippen molar-refractivity contribution >= 4 is 17.2 Å². The summed E-state index contributed by atoms with van der Waals surface area (Å²) in [6.45, 7) is 0.404. The maximum Gasteiger partial charge on any atom is 0.251 e. The first-order valence-electron chi connectivity index (χ1n) is 8.17. The monoisotopic (exact) mass is 360 g/mol. The third kappa shape index (κ3) is 3.41. The predicted octanol–water partition coefficient (Wildman–Crippen LogP) is 3.93. The largest absolute Gasteiger partial charge is 0.348 e. The van der Waals surface area contributed by atoms with Crippen molar-refractivity contribution in [2.24, 2.45) is 0 Å². The molecular weight excluding hydrogens is 344 g/mol. The van der Waals surface area contributed by atoms with E-state index >= 15 is 0 Å². The topological polar surface area (TPSA) is 59.8 Å². The van der Waals surface area contributed by atoms with Crippen LogP contribution in [0.15, 0.2) is 78.6 Å². The minimum absolute atomic E-state index is 0.128. The Morgan fingerprint density at radius 1 is 1.04 bits per heavy atom. The van der Waals surface area contributed by atoms with E-state index in [4.69, 9.17) is 5.10 Å². The van der Waals surface area contributed by atoms with E-state index in [0.717, 1.165) is 21.8 Å². The van der Waals surface area contributed by atoms with Gasteiger partial charge >= 0.3 is 0 Å². The maximum atomic E-state index is 12.3. The van der Waals surface area contributed by atoms with Crippen LogP contribution >= 0.6 is 11.3 Å². The molecule has 0 aliphatic heterocycles. The molecule has 5 nitrogen and oxygen atoms in total. The number of carbonyl (C=O) groups excluding carboxylic acids is 1. The number of amides is 1. The molecule has 0 radical (unpaired) electrons. The molecule has 0 spiro atoms. The first-order valence-corrected chi connectivity index (χ1v) is 9.05. The quantitative estimate of drug-likeness (QED) is 0.587. The Morgan fingerprint density at radius 2 is 1.85 bits per heavy atom. The summed E-state index contributed by atoms with van der Waals surface area (Å²) < 4.78 is 1.85. The number of hydrogen-bond donors (Lipinski definition) is 1. The van der Waals surface area contributed by atoms with Crippen LogP contribution in [0.3, 0.4) is 0 Å². The van der Waals surface area contributed by atoms with Crippen LogP contribution in [0.4, 0.5) is 0 Å². The van der Waals surface area contributed by atoms with Gasteiger partial charge in [-0.15, -0.1) is 11.3 Å². The van der Waals surface area contributed by atoms with Crippen molar-refractivity contribution in [3.8, 4) is 16.3 Å². The van der Waals surface area contributed by atoms with E-state index in [1.54, 1.807) is 35.9 Å². The summed E-state index contributed by atoms with van der Waals surface area (Å²) in [5.41, 5.74) is 3.43. The Bertz CT molecular complexity index is 995. The molecule has 0 fully saturated rings. The van der Waals surface area contributed by atoms with E-state index in [9.17, 15) is 4.79 Å². The second kappa shape index (κ2) is 7.33. The lowest BCUT2D eigenvalue weighted by atomic mass is 10.2. The molecule has 26 heavy (non-hydrogen) atoms. The molecule has 0 saturated heterocycles. The number of nitrogens with one attached hydrogen (secondary N) is 1. The third-order valence-electron chi connectivity index (χ3n) is 3.95. The zero-order valence-electron chi connectivity index (χ0n) is 13.9. The molecule has 0 saturated carbocycles. The second-order valence-corrected chi connectivity index (χ2v) is 6.63. The highest BCUT2D eigenvalue weighted by Gasteiger charge is 2.14. The van der Waals surface area contributed by atoms with Crippen LogP contribution in [-0.2, 0) is 6.54 Å². The van der Waals surface area contributed by atoms with Gasteiger partial charge in [0.05, 0.1) is 10.6 Å². The third-order valence-corrected chi connectivity index (χ3v) is 4.82. The molecule has 1 amide bonds. The summed E-state index contributed by atoms with van der Waals surface area (Å²) in [4.78, 5) is 17.3. The molecule has 128 valence electrons. The zero-order chi connectivity index (χ0) is 17.8. The molecule has 0 unspecified atom stereocenters. The van der Waals surface area contributed by atoms with E-state index in [1.165, 1.54) is 0 Å². The van der Waals surface area contributed by atoms with Gasteiger partial charge in [-0.1, -0.05) is 24.3 Å². The highest BCUT2D eigenvalue weighted by Crippen LogP contribution is 2.27. The fourth-order valence-corrected chi connectivity index (χ4v) is 3.40. The van der Waals surface area contributed by atoms with Crippen molar-refractivity contribution in [2.45, 2.75) is 6.54 Å². The van der Waals surface area contributed by atoms with Gasteiger partial charge in [0.25, 0.3) is 5.91 Å². The summed E-state index contributed by atoms with van der Waals surface area (Å²) >= 11 is 1.63. The molecular formula is C20H16N4OS. The van der Waals surface area contributed by atoms with E-state index < -0.39 is 0 Å². The van der Waals surface area contributed by atoms with E-state index in [2.05, 4.69) is 10.3 Å². The van der Waals surface area contributed by atoms with E-state index in [-0.39, 0.29) is 5.91 Å². The number of pyridine rings is 1. The Kier molecular flexibility index (Phi) is 4.57. The Labute approximate surface area is 155 Å². The summed E-state index contributed by atoms with van der Waals surface area (Å²) in [7, 11) is 0. The van der Waals surface area contributed by atoms with Crippen LogP contribution in [0.2, 0.25) is 0 Å². The van der Waals surface area contributed by atoms with Gasteiger partial charge in [-0.2, -0.15) is 5.10 Å². The van der Waals surface area contributed by atoms with Crippen molar-refractivity contribution in [2.75, 3.05) is 0 Å². The molecule has 3 aromatic heterocycles. The number of carbonyl (C=O) groups is 1. The van der Waals surface area contributed by atoms with Crippen LogP contribution in [0.5, 0.6) is 0 Å². The van der Waals surface area contributed by atoms with Gasteiger partial charge in [0.15, 0.2) is 0 Å². The number of benzene rings is 1. The van der Waals surface area contributed by atoms with Crippen molar-refractivity contribution < 1.29 is 4.79 Å². The molecule has 6 heteroatoms. The Hall–Kier alpha value is -3.25. The number of hydrogen-bond acceptors (Lipinski definition) is 4. The highest BCUT2D eigenvalue weighted by molar-refractivity contribution is 7.13. The average molecular weight is 360 g/mol. The first-order chi connectivity index (χ1) is 12.8. The molecule has 1 N–H and O–H groups in total. The van der Waals surface area contributed by atoms with Crippen LogP contribution in [0.25, 0.3) is 16.3 Å². The van der Waals surface area contributed by atoms with E-state index in [1.807, 2.05) is 58.7 Å². The van der Waals surface area contributed by atoms with Gasteiger partial charge < -0.3 is 5.32 Å². The number of aromatic nitrogens is 3. The van der Waals surface area contributed by atoms with Crippen LogP contribution < -0.4 is 5.32 Å². The minimum atomic E-state index is -0.128. The summed E-state index contributed by atoms with van der Waals surface area (Å²) in [6.07, 6.45) is 5.19. The summed E-state index contributed by atoms with van der Waals surface area (Å²) in [5, 5.41) is 9.73. The standard InChI is InChI=1S/C20H16N4OS/c25-20(15-8-10-21-11-9-15)22-13-16-14-24(17-5-2-1-3-6-17)23-19(16)18-7-4-12-26-18/h1-12,14H,13H2,(H,22,25). The van der Waals surface area contributed by atoms with Crippen molar-refractivity contribution in [3.63, 3.8) is 0 Å². The molecule has 1 aromatic carbocycles. The Balaban J connectivity index is 1.62. The summed E-state index contributed by atoms with van der Waals surface area (Å²) in [5.74, 6) is -0.128. The van der Waals surface area contributed by atoms with E-state index in [0.29, 0.717) is 12.1 Å². The predicted molar refractivity (Wildman–Crippen MR) is 102 cm³/mol. The molecule has 0 bridgehead atoms. The number of rotatable bonds is 5. The molecule has 4 rings (SSSR count). The van der Waals surface area contributed by atoms with Crippen LogP contribution in [0, 0.1) is 0 Å². The minimum Gasteiger partial charge on any atom is -0.348 e. The van der Waals surface area contributed by atoms with Gasteiger partial charge in [0.1, 0.15) is 5.69 Å². The fourth-order valence-electron chi connectivity index (χ4n) is 2.65. The maximum absolute atomic E-state index is 12.3. The van der Waals surface area contributed by atoms with Gasteiger partial charge in [0.2, 0.25) is 0 Å². The number of para-hydroxylation sites is 1. The lowest BCUT2D eigenvalue weighted by Crippen LogP contribution is -2.22. The Morgan fingerprint density at radius 3 is 2.58 bits per heavy atom. The van der Waals surface area contributed by atoms with Crippen LogP contribution in [-0.4, -0.2) is 20.7 Å². The fraction of sp³-hybridized carbons (Fsp3) is 0.0500. The lowest BCUT2D eigenvalue weighted by molar-refractivity contribution is 0.0951. The van der Waals surface area contributed by atoms with Gasteiger partial charge in [0, 0.05) is 36.3 Å². The number of nitrogens with zero attached hydrogens (tertiary/aromatic N) is 3. The zero-order valence-corrected chi connectivity index (χ0v) is 14.7. The van der Waals surface area contributed by atoms with Crippen molar-refractivity contribution in [3.05, 3.63) is 89.7 Å². The normalized spacial score (nSPS) is 10.6. The van der Waals surface area contributed by atoms with Crippen molar-refractivity contribution in [1.29, 1.82) is 0 Å². The highest BCUT2D eigenvalue weighted by atomic mass is 32.1. The molecule has 4 aromatic rings. The smallest absolute Gasteiger partial charge is 0.251 e. The SMILES string of the molecule is O=C(NCc1cn(-c2ccccc2)nc1-c1cccs1)c1ccncc1. The summed E-state index contributed by atoms with van der Waals surface area (Å²) in [6, 6.07) is 17.4. The molecule has 0 atom stereocenters. The van der Waals surface area contributed by atoms with Gasteiger partial charge in [-0.3, -0.25) is 9.78 Å². The van der Waals surface area contributed by atoms with Gasteiger partial charge in [-0.25, -0.2) is 4.68 Å². The molecule has 3 heterocycles. The lowest BCUT2D eigenvalue weighted by Gasteiger charge is -2.04. The van der Waals surface area contributed by atoms with Gasteiger partial charge in [-0.05, 0) is 35.7 Å². The molecule has 0 aliphatic rings. The van der Waals surface area contributed by atoms with Crippen molar-refractivity contribution in [1.82, 2.24) is 20.1 Å². The average Bonchev–Trinajstić information content (AvgIpc) is 3.37. The number of thiophene rings is 1. The van der Waals surface area contributed by atoms with Crippen LogP contribution in [0.1, 0.15) is 15.9 Å². The first kappa shape index (κ1) is 16.2.